The number of anilines is 3. The number of hydrogen-bond acceptors (Lipinski definition) is 8. The Labute approximate surface area is 215 Å². The first-order chi connectivity index (χ1) is 17.5. The van der Waals surface area contributed by atoms with Gasteiger partial charge in [0.2, 0.25) is 5.91 Å². The fraction of sp³-hybridized carbons (Fsp3) is 0.423. The molecule has 188 valence electrons. The third kappa shape index (κ3) is 5.06. The maximum atomic E-state index is 12.4. The second kappa shape index (κ2) is 10.3. The van der Waals surface area contributed by atoms with E-state index in [9.17, 15) is 4.79 Å². The van der Waals surface area contributed by atoms with Gasteiger partial charge in [0.05, 0.1) is 18.3 Å². The molecule has 9 nitrogen and oxygen atoms in total. The first kappa shape index (κ1) is 24.2. The summed E-state index contributed by atoms with van der Waals surface area (Å²) in [6, 6.07) is 7.46. The number of pyridine rings is 2. The highest BCUT2D eigenvalue weighted by Crippen LogP contribution is 2.47. The average Bonchev–Trinajstić information content (AvgIpc) is 3.31. The fourth-order valence-corrected chi connectivity index (χ4v) is 5.66. The van der Waals surface area contributed by atoms with Gasteiger partial charge in [0.15, 0.2) is 11.6 Å². The van der Waals surface area contributed by atoms with Crippen LogP contribution in [-0.4, -0.2) is 53.1 Å². The van der Waals surface area contributed by atoms with Gasteiger partial charge in [0, 0.05) is 56.1 Å². The van der Waals surface area contributed by atoms with Crippen LogP contribution in [0.15, 0.2) is 42.9 Å². The van der Waals surface area contributed by atoms with Crippen LogP contribution in [0.2, 0.25) is 5.02 Å². The Bertz CT molecular complexity index is 1240. The van der Waals surface area contributed by atoms with Crippen molar-refractivity contribution in [2.75, 3.05) is 37.5 Å². The van der Waals surface area contributed by atoms with Gasteiger partial charge in [0.1, 0.15) is 17.5 Å². The van der Waals surface area contributed by atoms with Gasteiger partial charge in [-0.3, -0.25) is 9.78 Å². The van der Waals surface area contributed by atoms with Crippen LogP contribution in [0.25, 0.3) is 11.4 Å². The van der Waals surface area contributed by atoms with E-state index in [4.69, 9.17) is 26.3 Å². The molecule has 2 N–H and O–H groups in total. The van der Waals surface area contributed by atoms with Crippen LogP contribution in [0, 0.1) is 11.3 Å². The van der Waals surface area contributed by atoms with Crippen molar-refractivity contribution in [1.29, 1.82) is 0 Å². The average molecular weight is 508 g/mol. The summed E-state index contributed by atoms with van der Waals surface area (Å²) < 4.78 is 5.21. The van der Waals surface area contributed by atoms with Gasteiger partial charge < -0.3 is 20.3 Å². The van der Waals surface area contributed by atoms with Gasteiger partial charge in [-0.25, -0.2) is 15.0 Å². The molecule has 1 aliphatic carbocycles. The van der Waals surface area contributed by atoms with Gasteiger partial charge in [-0.15, -0.1) is 0 Å². The van der Waals surface area contributed by atoms with Crippen molar-refractivity contribution < 1.29 is 9.53 Å². The minimum atomic E-state index is 0.0863. The smallest absolute Gasteiger partial charge is 0.222 e. The summed E-state index contributed by atoms with van der Waals surface area (Å²) in [5, 5.41) is 6.57. The number of ether oxygens (including phenoxy) is 1. The summed E-state index contributed by atoms with van der Waals surface area (Å²) >= 11 is 6.30. The summed E-state index contributed by atoms with van der Waals surface area (Å²) in [5.74, 6) is 3.34. The Hall–Kier alpha value is -3.46. The topological polar surface area (TPSA) is 105 Å². The molecular formula is C26H30ClN7O2. The van der Waals surface area contributed by atoms with Crippen LogP contribution in [0.5, 0.6) is 5.75 Å². The molecule has 10 heteroatoms. The Balaban J connectivity index is 1.44. The fourth-order valence-electron chi connectivity index (χ4n) is 5.43. The number of nitrogens with one attached hydrogen (secondary N) is 2. The van der Waals surface area contributed by atoms with Crippen molar-refractivity contribution in [3.63, 3.8) is 0 Å². The quantitative estimate of drug-likeness (QED) is 0.503. The zero-order valence-electron chi connectivity index (χ0n) is 20.5. The van der Waals surface area contributed by atoms with Crippen LogP contribution in [0.1, 0.15) is 32.1 Å². The maximum Gasteiger partial charge on any atom is 0.222 e. The standard InChI is InChI=1S/C26H30ClN7O2/c1-28-25(35)17-5-3-7-26(13-17)8-10-34(16-26)23-12-22(31-21-11-19(27)20(36-2)15-30-21)32-24(33-23)18-6-4-9-29-14-18/h4,6,9,11-12,14-15,17H,3,5,7-8,10,13,16H2,1-2H3,(H,28,35)(H,30,31,32,33). The van der Waals surface area contributed by atoms with E-state index in [0.717, 1.165) is 56.6 Å². The van der Waals surface area contributed by atoms with Crippen molar-refractivity contribution in [3.8, 4) is 17.1 Å². The highest BCUT2D eigenvalue weighted by Gasteiger charge is 2.43. The molecule has 0 aromatic carbocycles. The third-order valence-corrected chi connectivity index (χ3v) is 7.54. The number of methoxy groups -OCH3 is 1. The van der Waals surface area contributed by atoms with E-state index in [-0.39, 0.29) is 17.2 Å². The summed E-state index contributed by atoms with van der Waals surface area (Å²) in [6.07, 6.45) is 10.2. The number of aromatic nitrogens is 4. The third-order valence-electron chi connectivity index (χ3n) is 7.25. The highest BCUT2D eigenvalue weighted by molar-refractivity contribution is 6.32. The van der Waals surface area contributed by atoms with Crippen LogP contribution in [0.4, 0.5) is 17.5 Å². The molecule has 1 spiro atoms. The van der Waals surface area contributed by atoms with Crippen LogP contribution in [-0.2, 0) is 4.79 Å². The van der Waals surface area contributed by atoms with E-state index < -0.39 is 0 Å². The number of hydrogen-bond donors (Lipinski definition) is 2. The monoisotopic (exact) mass is 507 g/mol. The molecule has 3 aromatic heterocycles. The highest BCUT2D eigenvalue weighted by atomic mass is 35.5. The maximum absolute atomic E-state index is 12.4. The van der Waals surface area contributed by atoms with E-state index in [0.29, 0.717) is 28.2 Å². The Kier molecular flexibility index (Phi) is 6.91. The summed E-state index contributed by atoms with van der Waals surface area (Å²) in [7, 11) is 3.28. The first-order valence-electron chi connectivity index (χ1n) is 12.2. The minimum absolute atomic E-state index is 0.0863. The summed E-state index contributed by atoms with van der Waals surface area (Å²) in [6.45, 7) is 1.76. The summed E-state index contributed by atoms with van der Waals surface area (Å²) in [4.78, 5) is 32.9. The van der Waals surface area contributed by atoms with Crippen molar-refractivity contribution >= 4 is 35.0 Å². The zero-order valence-corrected chi connectivity index (χ0v) is 21.3. The first-order valence-corrected chi connectivity index (χ1v) is 12.6. The molecule has 3 aromatic rings. The lowest BCUT2D eigenvalue weighted by Gasteiger charge is -2.37. The largest absolute Gasteiger partial charge is 0.494 e. The Morgan fingerprint density at radius 1 is 1.22 bits per heavy atom. The lowest BCUT2D eigenvalue weighted by Crippen LogP contribution is -2.38. The number of carbonyl (C=O) groups excluding carboxylic acids is 1. The lowest BCUT2D eigenvalue weighted by molar-refractivity contribution is -0.126. The number of halogens is 1. The zero-order chi connectivity index (χ0) is 25.1. The molecule has 0 radical (unpaired) electrons. The normalized spacial score (nSPS) is 21.4. The molecule has 2 aliphatic rings. The second-order valence-electron chi connectivity index (χ2n) is 9.58. The number of nitrogens with zero attached hydrogens (tertiary/aromatic N) is 5. The second-order valence-corrected chi connectivity index (χ2v) is 9.99. The molecule has 1 saturated carbocycles. The van der Waals surface area contributed by atoms with Gasteiger partial charge >= 0.3 is 0 Å². The van der Waals surface area contributed by atoms with Crippen molar-refractivity contribution in [2.24, 2.45) is 11.3 Å². The van der Waals surface area contributed by atoms with E-state index in [2.05, 4.69) is 25.5 Å². The van der Waals surface area contributed by atoms with E-state index in [1.54, 1.807) is 38.8 Å². The van der Waals surface area contributed by atoms with Gasteiger partial charge in [0.25, 0.3) is 0 Å². The molecular weight excluding hydrogens is 478 g/mol. The number of carbonyl (C=O) groups is 1. The molecule has 1 amide bonds. The van der Waals surface area contributed by atoms with E-state index in [1.165, 1.54) is 0 Å². The predicted octanol–water partition coefficient (Wildman–Crippen LogP) is 4.47. The molecule has 2 fully saturated rings. The SMILES string of the molecule is CNC(=O)C1CCCC2(CCN(c3cc(Nc4cc(Cl)c(OC)cn4)nc(-c4cccnc4)n3)C2)C1. The van der Waals surface area contributed by atoms with Gasteiger partial charge in [-0.2, -0.15) is 0 Å². The van der Waals surface area contributed by atoms with Gasteiger partial charge in [-0.05, 0) is 43.2 Å². The minimum Gasteiger partial charge on any atom is -0.494 e. The lowest BCUT2D eigenvalue weighted by atomic mass is 9.69. The Morgan fingerprint density at radius 2 is 2.11 bits per heavy atom. The molecule has 2 atom stereocenters. The molecule has 1 saturated heterocycles. The molecule has 5 rings (SSSR count). The van der Waals surface area contributed by atoms with Crippen LogP contribution >= 0.6 is 11.6 Å². The predicted molar refractivity (Wildman–Crippen MR) is 140 cm³/mol. The molecule has 36 heavy (non-hydrogen) atoms. The van der Waals surface area contributed by atoms with Crippen LogP contribution < -0.4 is 20.3 Å². The van der Waals surface area contributed by atoms with Gasteiger partial charge in [-0.1, -0.05) is 18.0 Å². The van der Waals surface area contributed by atoms with Crippen molar-refractivity contribution in [3.05, 3.63) is 47.9 Å². The number of amides is 1. The summed E-state index contributed by atoms with van der Waals surface area (Å²) in [5.41, 5.74) is 0.961. The molecule has 4 heterocycles. The van der Waals surface area contributed by atoms with Crippen molar-refractivity contribution in [1.82, 2.24) is 25.3 Å². The molecule has 2 unspecified atom stereocenters. The molecule has 0 bridgehead atoms. The van der Waals surface area contributed by atoms with Crippen LogP contribution in [0.3, 0.4) is 0 Å². The van der Waals surface area contributed by atoms with E-state index in [1.807, 2.05) is 18.2 Å². The van der Waals surface area contributed by atoms with Crippen molar-refractivity contribution in [2.45, 2.75) is 32.1 Å². The van der Waals surface area contributed by atoms with E-state index >= 15 is 0 Å². The molecule has 1 aliphatic heterocycles. The Morgan fingerprint density at radius 3 is 2.86 bits per heavy atom. The number of rotatable bonds is 6.